The van der Waals surface area contributed by atoms with Crippen molar-refractivity contribution in [1.29, 1.82) is 0 Å². The highest BCUT2D eigenvalue weighted by Crippen LogP contribution is 2.14. The second-order valence-electron chi connectivity index (χ2n) is 4.88. The molecule has 0 unspecified atom stereocenters. The summed E-state index contributed by atoms with van der Waals surface area (Å²) in [5, 5.41) is 14.0. The fourth-order valence-electron chi connectivity index (χ4n) is 1.89. The molecule has 0 fully saturated rings. The average Bonchev–Trinajstić information content (AvgIpc) is 3.09. The number of rotatable bonds is 7. The predicted molar refractivity (Wildman–Crippen MR) is 93.0 cm³/mol. The van der Waals surface area contributed by atoms with Gasteiger partial charge in [-0.25, -0.2) is 0 Å². The topological polar surface area (TPSA) is 91.6 Å². The maximum atomic E-state index is 12.3. The van der Waals surface area contributed by atoms with Crippen LogP contribution in [-0.4, -0.2) is 30.1 Å². The smallest absolute Gasteiger partial charge is 0.291 e. The Morgan fingerprint density at radius 1 is 1.25 bits per heavy atom. The number of amides is 2. The van der Waals surface area contributed by atoms with E-state index in [1.807, 2.05) is 24.3 Å². The SMILES string of the molecule is O=C(NCCCO)/C(=C\c1cccc(Br)c1)NC(=O)c1ccco1. The minimum atomic E-state index is -0.515. The van der Waals surface area contributed by atoms with E-state index in [1.165, 1.54) is 12.3 Å². The summed E-state index contributed by atoms with van der Waals surface area (Å²) in [7, 11) is 0. The van der Waals surface area contributed by atoms with Crippen LogP contribution < -0.4 is 10.6 Å². The lowest BCUT2D eigenvalue weighted by Gasteiger charge is -2.10. The lowest BCUT2D eigenvalue weighted by molar-refractivity contribution is -0.117. The fourth-order valence-corrected chi connectivity index (χ4v) is 2.31. The van der Waals surface area contributed by atoms with E-state index in [1.54, 1.807) is 12.1 Å². The Kier molecular flexibility index (Phi) is 6.77. The molecule has 0 aliphatic heterocycles. The van der Waals surface area contributed by atoms with Gasteiger partial charge in [-0.2, -0.15) is 0 Å². The van der Waals surface area contributed by atoms with Crippen LogP contribution in [0, 0.1) is 0 Å². The normalized spacial score (nSPS) is 11.2. The molecule has 3 N–H and O–H groups in total. The van der Waals surface area contributed by atoms with E-state index < -0.39 is 11.8 Å². The third-order valence-corrected chi connectivity index (χ3v) is 3.51. The summed E-state index contributed by atoms with van der Waals surface area (Å²) >= 11 is 3.36. The molecule has 126 valence electrons. The van der Waals surface area contributed by atoms with Crippen molar-refractivity contribution in [3.63, 3.8) is 0 Å². The predicted octanol–water partition coefficient (Wildman–Crippen LogP) is 2.31. The summed E-state index contributed by atoms with van der Waals surface area (Å²) in [5.74, 6) is -0.847. The molecule has 1 heterocycles. The van der Waals surface area contributed by atoms with E-state index in [0.29, 0.717) is 13.0 Å². The van der Waals surface area contributed by atoms with Gasteiger partial charge in [-0.1, -0.05) is 28.1 Å². The molecule has 1 aromatic carbocycles. The Bertz CT molecular complexity index is 726. The molecule has 2 amide bonds. The van der Waals surface area contributed by atoms with Crippen molar-refractivity contribution in [2.75, 3.05) is 13.2 Å². The molecule has 0 aliphatic carbocycles. The molecule has 2 aromatic rings. The molecule has 7 heteroatoms. The Morgan fingerprint density at radius 3 is 2.75 bits per heavy atom. The summed E-state index contributed by atoms with van der Waals surface area (Å²) in [5.41, 5.74) is 0.837. The van der Waals surface area contributed by atoms with E-state index in [2.05, 4.69) is 26.6 Å². The second-order valence-corrected chi connectivity index (χ2v) is 5.79. The lowest BCUT2D eigenvalue weighted by Crippen LogP contribution is -2.35. The van der Waals surface area contributed by atoms with Gasteiger partial charge in [0.2, 0.25) is 0 Å². The van der Waals surface area contributed by atoms with E-state index in [9.17, 15) is 9.59 Å². The van der Waals surface area contributed by atoms with Gasteiger partial charge in [-0.05, 0) is 42.3 Å². The maximum absolute atomic E-state index is 12.3. The van der Waals surface area contributed by atoms with Gasteiger partial charge in [-0.15, -0.1) is 0 Å². The molecule has 0 aliphatic rings. The lowest BCUT2D eigenvalue weighted by atomic mass is 10.2. The van der Waals surface area contributed by atoms with Crippen LogP contribution in [-0.2, 0) is 4.79 Å². The first kappa shape index (κ1) is 18.0. The third kappa shape index (κ3) is 5.36. The summed E-state index contributed by atoms with van der Waals surface area (Å²) < 4.78 is 5.89. The molecule has 0 spiro atoms. The largest absolute Gasteiger partial charge is 0.459 e. The van der Waals surface area contributed by atoms with Gasteiger partial charge < -0.3 is 20.2 Å². The van der Waals surface area contributed by atoms with Crippen molar-refractivity contribution < 1.29 is 19.1 Å². The number of aliphatic hydroxyl groups is 1. The van der Waals surface area contributed by atoms with Gasteiger partial charge in [0.25, 0.3) is 11.8 Å². The Morgan fingerprint density at radius 2 is 2.08 bits per heavy atom. The monoisotopic (exact) mass is 392 g/mol. The zero-order valence-corrected chi connectivity index (χ0v) is 14.4. The number of furan rings is 1. The quantitative estimate of drug-likeness (QED) is 0.497. The molecule has 1 aromatic heterocycles. The highest BCUT2D eigenvalue weighted by Gasteiger charge is 2.16. The first-order valence-corrected chi connectivity index (χ1v) is 8.10. The van der Waals surface area contributed by atoms with Crippen LogP contribution in [0.4, 0.5) is 0 Å². The van der Waals surface area contributed by atoms with Gasteiger partial charge in [0.05, 0.1) is 6.26 Å². The van der Waals surface area contributed by atoms with E-state index >= 15 is 0 Å². The van der Waals surface area contributed by atoms with Gasteiger partial charge in [0.1, 0.15) is 5.70 Å². The van der Waals surface area contributed by atoms with Gasteiger partial charge in [0.15, 0.2) is 5.76 Å². The molecule has 0 bridgehead atoms. The molecule has 0 radical (unpaired) electrons. The highest BCUT2D eigenvalue weighted by molar-refractivity contribution is 9.10. The first-order chi connectivity index (χ1) is 11.6. The Labute approximate surface area is 147 Å². The molecule has 0 saturated carbocycles. The van der Waals surface area contributed by atoms with Crippen LogP contribution in [0.25, 0.3) is 6.08 Å². The Balaban J connectivity index is 2.20. The van der Waals surface area contributed by atoms with Crippen molar-refractivity contribution in [3.8, 4) is 0 Å². The van der Waals surface area contributed by atoms with Gasteiger partial charge in [0, 0.05) is 17.6 Å². The number of benzene rings is 1. The average molecular weight is 393 g/mol. The minimum Gasteiger partial charge on any atom is -0.459 e. The minimum absolute atomic E-state index is 0.0241. The van der Waals surface area contributed by atoms with Crippen molar-refractivity contribution in [2.45, 2.75) is 6.42 Å². The fraction of sp³-hybridized carbons (Fsp3) is 0.176. The summed E-state index contributed by atoms with van der Waals surface area (Å²) in [6.07, 6.45) is 3.38. The number of carbonyl (C=O) groups is 2. The van der Waals surface area contributed by atoms with Crippen LogP contribution in [0.3, 0.4) is 0 Å². The first-order valence-electron chi connectivity index (χ1n) is 7.31. The molecule has 0 atom stereocenters. The van der Waals surface area contributed by atoms with Crippen molar-refractivity contribution in [3.05, 3.63) is 64.2 Å². The molecule has 24 heavy (non-hydrogen) atoms. The molecule has 6 nitrogen and oxygen atoms in total. The molecule has 0 saturated heterocycles. The van der Waals surface area contributed by atoms with Crippen molar-refractivity contribution in [2.24, 2.45) is 0 Å². The van der Waals surface area contributed by atoms with E-state index in [4.69, 9.17) is 9.52 Å². The van der Waals surface area contributed by atoms with Crippen LogP contribution in [0.5, 0.6) is 0 Å². The number of aliphatic hydroxyl groups excluding tert-OH is 1. The number of hydrogen-bond donors (Lipinski definition) is 3. The molecule has 2 rings (SSSR count). The van der Waals surface area contributed by atoms with Gasteiger partial charge >= 0.3 is 0 Å². The zero-order valence-electron chi connectivity index (χ0n) is 12.8. The molecular formula is C17H17BrN2O4. The van der Waals surface area contributed by atoms with Crippen molar-refractivity contribution >= 4 is 33.8 Å². The molecular weight excluding hydrogens is 376 g/mol. The third-order valence-electron chi connectivity index (χ3n) is 3.02. The summed E-state index contributed by atoms with van der Waals surface area (Å²) in [6, 6.07) is 10.4. The number of hydrogen-bond acceptors (Lipinski definition) is 4. The number of halogens is 1. The van der Waals surface area contributed by atoms with Crippen LogP contribution in [0.1, 0.15) is 22.5 Å². The standard InChI is InChI=1S/C17H17BrN2O4/c18-13-5-1-4-12(10-13)11-14(16(22)19-7-3-8-21)20-17(23)15-6-2-9-24-15/h1-2,4-6,9-11,21H,3,7-8H2,(H,19,22)(H,20,23)/b14-11+. The van der Waals surface area contributed by atoms with Crippen LogP contribution >= 0.6 is 15.9 Å². The second kappa shape index (κ2) is 9.05. The van der Waals surface area contributed by atoms with Crippen molar-refractivity contribution in [1.82, 2.24) is 10.6 Å². The summed E-state index contributed by atoms with van der Waals surface area (Å²) in [4.78, 5) is 24.4. The highest BCUT2D eigenvalue weighted by atomic mass is 79.9. The zero-order chi connectivity index (χ0) is 17.4. The summed E-state index contributed by atoms with van der Waals surface area (Å²) in [6.45, 7) is 0.283. The van der Waals surface area contributed by atoms with Crippen LogP contribution in [0.15, 0.2) is 57.2 Å². The van der Waals surface area contributed by atoms with Crippen LogP contribution in [0.2, 0.25) is 0 Å². The maximum Gasteiger partial charge on any atom is 0.291 e. The number of carbonyl (C=O) groups excluding carboxylic acids is 2. The van der Waals surface area contributed by atoms with Gasteiger partial charge in [-0.3, -0.25) is 9.59 Å². The van der Waals surface area contributed by atoms with E-state index in [-0.39, 0.29) is 18.1 Å². The number of nitrogens with one attached hydrogen (secondary N) is 2. The van der Waals surface area contributed by atoms with E-state index in [0.717, 1.165) is 10.0 Å². The Hall–Kier alpha value is -2.38.